The summed E-state index contributed by atoms with van der Waals surface area (Å²) in [6, 6.07) is 5.66. The molecule has 0 aliphatic heterocycles. The minimum Gasteiger partial charge on any atom is -0.383 e. The molecule has 162 valence electrons. The standard InChI is InChI=1S/C23H23N7O2/c1-13-5-6-16(23(32)28-17-7-8-17)10-19(13)30-21(24)18(11-27-30)20(31)14-3-2-4-15(9-14)22-25-12-26-29-22/h3,5-6,9-12,17H,2,4,7-8,24H2,1H3,(H,28,32)(H,25,26,29). The number of nitrogen functional groups attached to an aromatic ring is 1. The van der Waals surface area contributed by atoms with Crippen molar-refractivity contribution in [3.05, 3.63) is 71.0 Å². The Bertz CT molecular complexity index is 1260. The quantitative estimate of drug-likeness (QED) is 0.516. The van der Waals surface area contributed by atoms with Gasteiger partial charge in [-0.3, -0.25) is 9.59 Å². The number of hydrogen-bond donors (Lipinski definition) is 3. The van der Waals surface area contributed by atoms with Crippen LogP contribution in [0.3, 0.4) is 0 Å². The predicted octanol–water partition coefficient (Wildman–Crippen LogP) is 2.76. The first kappa shape index (κ1) is 19.9. The predicted molar refractivity (Wildman–Crippen MR) is 119 cm³/mol. The first-order chi connectivity index (χ1) is 15.5. The molecule has 3 aromatic rings. The highest BCUT2D eigenvalue weighted by Crippen LogP contribution is 2.29. The summed E-state index contributed by atoms with van der Waals surface area (Å²) in [7, 11) is 0. The SMILES string of the molecule is Cc1ccc(C(=O)NC2CC2)cc1-n1ncc(C(=O)C2=CCCC(c3nnc[nH]3)=C2)c1N. The van der Waals surface area contributed by atoms with E-state index in [1.54, 1.807) is 12.1 Å². The number of carbonyl (C=O) groups is 2. The Hall–Kier alpha value is -4.01. The maximum absolute atomic E-state index is 13.2. The molecule has 1 saturated carbocycles. The zero-order chi connectivity index (χ0) is 22.2. The lowest BCUT2D eigenvalue weighted by Crippen LogP contribution is -2.25. The van der Waals surface area contributed by atoms with Crippen LogP contribution in [0.1, 0.15) is 57.8 Å². The van der Waals surface area contributed by atoms with Crippen LogP contribution in [-0.2, 0) is 0 Å². The second kappa shape index (κ2) is 7.92. The van der Waals surface area contributed by atoms with E-state index in [0.717, 1.165) is 36.8 Å². The highest BCUT2D eigenvalue weighted by molar-refractivity contribution is 6.14. The van der Waals surface area contributed by atoms with E-state index in [1.807, 2.05) is 25.1 Å². The van der Waals surface area contributed by atoms with E-state index < -0.39 is 0 Å². The van der Waals surface area contributed by atoms with E-state index >= 15 is 0 Å². The van der Waals surface area contributed by atoms with Crippen LogP contribution in [0.5, 0.6) is 0 Å². The largest absolute Gasteiger partial charge is 0.383 e. The zero-order valence-corrected chi connectivity index (χ0v) is 17.6. The molecule has 9 heteroatoms. The number of nitrogens with zero attached hydrogens (tertiary/aromatic N) is 4. The highest BCUT2D eigenvalue weighted by atomic mass is 16.1. The van der Waals surface area contributed by atoms with E-state index in [-0.39, 0.29) is 23.6 Å². The molecule has 0 unspecified atom stereocenters. The number of H-pyrrole nitrogens is 1. The first-order valence-electron chi connectivity index (χ1n) is 10.6. The summed E-state index contributed by atoms with van der Waals surface area (Å²) in [6.07, 6.45) is 10.2. The molecule has 2 heterocycles. The van der Waals surface area contributed by atoms with Crippen LogP contribution in [0, 0.1) is 6.92 Å². The molecule has 0 saturated heterocycles. The van der Waals surface area contributed by atoms with Gasteiger partial charge in [0.2, 0.25) is 0 Å². The average Bonchev–Trinajstić information content (AvgIpc) is 3.29. The molecule has 32 heavy (non-hydrogen) atoms. The topological polar surface area (TPSA) is 132 Å². The summed E-state index contributed by atoms with van der Waals surface area (Å²) in [6.45, 7) is 1.91. The van der Waals surface area contributed by atoms with Gasteiger partial charge in [-0.2, -0.15) is 5.10 Å². The van der Waals surface area contributed by atoms with Crippen molar-refractivity contribution in [3.63, 3.8) is 0 Å². The first-order valence-corrected chi connectivity index (χ1v) is 10.6. The maximum atomic E-state index is 13.2. The zero-order valence-electron chi connectivity index (χ0n) is 17.6. The number of allylic oxidation sites excluding steroid dienone is 4. The number of carbonyl (C=O) groups excluding carboxylic acids is 2. The van der Waals surface area contributed by atoms with Gasteiger partial charge < -0.3 is 16.0 Å². The molecule has 0 bridgehead atoms. The van der Waals surface area contributed by atoms with Crippen molar-refractivity contribution in [2.75, 3.05) is 5.73 Å². The molecule has 0 spiro atoms. The van der Waals surface area contributed by atoms with Crippen molar-refractivity contribution < 1.29 is 9.59 Å². The third-order valence-electron chi connectivity index (χ3n) is 5.75. The third-order valence-corrected chi connectivity index (χ3v) is 5.75. The molecule has 2 aliphatic rings. The fraction of sp³-hybridized carbons (Fsp3) is 0.261. The number of anilines is 1. The summed E-state index contributed by atoms with van der Waals surface area (Å²) in [5, 5.41) is 15.2. The molecule has 0 atom stereocenters. The van der Waals surface area contributed by atoms with Crippen molar-refractivity contribution in [1.29, 1.82) is 0 Å². The van der Waals surface area contributed by atoms with E-state index in [1.165, 1.54) is 17.2 Å². The molecule has 0 radical (unpaired) electrons. The summed E-state index contributed by atoms with van der Waals surface area (Å²) in [5.74, 6) is 0.571. The summed E-state index contributed by atoms with van der Waals surface area (Å²) >= 11 is 0. The summed E-state index contributed by atoms with van der Waals surface area (Å²) in [4.78, 5) is 28.7. The van der Waals surface area contributed by atoms with E-state index in [0.29, 0.717) is 28.2 Å². The van der Waals surface area contributed by atoms with Crippen LogP contribution in [-0.4, -0.2) is 42.7 Å². The Balaban J connectivity index is 1.44. The van der Waals surface area contributed by atoms with Crippen LogP contribution in [0.4, 0.5) is 5.82 Å². The van der Waals surface area contributed by atoms with Gasteiger partial charge in [0.1, 0.15) is 12.1 Å². The minimum absolute atomic E-state index is 0.117. The van der Waals surface area contributed by atoms with Crippen LogP contribution < -0.4 is 11.1 Å². The van der Waals surface area contributed by atoms with Gasteiger partial charge >= 0.3 is 0 Å². The number of ketones is 1. The molecular weight excluding hydrogens is 406 g/mol. The molecule has 2 aromatic heterocycles. The van der Waals surface area contributed by atoms with Gasteiger partial charge in [-0.1, -0.05) is 12.1 Å². The third kappa shape index (κ3) is 3.73. The fourth-order valence-corrected chi connectivity index (χ4v) is 3.76. The lowest BCUT2D eigenvalue weighted by Gasteiger charge is -2.12. The summed E-state index contributed by atoms with van der Waals surface area (Å²) in [5.41, 5.74) is 10.2. The number of Topliss-reactive ketones (excluding diaryl/α,β-unsaturated/α-hetero) is 1. The number of aryl methyl sites for hydroxylation is 1. The maximum Gasteiger partial charge on any atom is 0.251 e. The number of aromatic amines is 1. The Morgan fingerprint density at radius 2 is 2.12 bits per heavy atom. The number of nitrogens with one attached hydrogen (secondary N) is 2. The Kier molecular flexibility index (Phi) is 4.93. The lowest BCUT2D eigenvalue weighted by atomic mass is 9.94. The van der Waals surface area contributed by atoms with Crippen LogP contribution in [0.2, 0.25) is 0 Å². The summed E-state index contributed by atoms with van der Waals surface area (Å²) < 4.78 is 1.51. The monoisotopic (exact) mass is 429 g/mol. The Morgan fingerprint density at radius 1 is 1.28 bits per heavy atom. The second-order valence-electron chi connectivity index (χ2n) is 8.14. The number of nitrogens with two attached hydrogens (primary N) is 1. The van der Waals surface area contributed by atoms with Gasteiger partial charge in [-0.05, 0) is 62.0 Å². The molecular formula is C23H23N7O2. The number of amides is 1. The van der Waals surface area contributed by atoms with Gasteiger partial charge in [0.05, 0.1) is 17.4 Å². The number of hydrogen-bond acceptors (Lipinski definition) is 6. The molecule has 1 fully saturated rings. The van der Waals surface area contributed by atoms with Gasteiger partial charge in [-0.25, -0.2) is 4.68 Å². The minimum atomic E-state index is -0.203. The fourth-order valence-electron chi connectivity index (χ4n) is 3.76. The van der Waals surface area contributed by atoms with Crippen LogP contribution in [0.15, 0.2) is 48.4 Å². The van der Waals surface area contributed by atoms with Crippen LogP contribution in [0.25, 0.3) is 11.3 Å². The van der Waals surface area contributed by atoms with Crippen molar-refractivity contribution in [3.8, 4) is 5.69 Å². The second-order valence-corrected chi connectivity index (χ2v) is 8.14. The molecule has 5 rings (SSSR count). The smallest absolute Gasteiger partial charge is 0.251 e. The van der Waals surface area contributed by atoms with Crippen molar-refractivity contribution in [2.24, 2.45) is 0 Å². The van der Waals surface area contributed by atoms with E-state index in [4.69, 9.17) is 5.73 Å². The van der Waals surface area contributed by atoms with Gasteiger partial charge in [-0.15, -0.1) is 10.2 Å². The van der Waals surface area contributed by atoms with Crippen molar-refractivity contribution in [2.45, 2.75) is 38.6 Å². The number of benzene rings is 1. The number of rotatable bonds is 6. The van der Waals surface area contributed by atoms with Gasteiger partial charge in [0, 0.05) is 17.2 Å². The van der Waals surface area contributed by atoms with Gasteiger partial charge in [0.25, 0.3) is 5.91 Å². The lowest BCUT2D eigenvalue weighted by molar-refractivity contribution is 0.0950. The Labute approximate surface area is 184 Å². The molecule has 1 aromatic carbocycles. The van der Waals surface area contributed by atoms with Crippen molar-refractivity contribution >= 4 is 23.1 Å². The van der Waals surface area contributed by atoms with E-state index in [2.05, 4.69) is 25.6 Å². The molecule has 9 nitrogen and oxygen atoms in total. The Morgan fingerprint density at radius 3 is 2.88 bits per heavy atom. The molecule has 1 amide bonds. The van der Waals surface area contributed by atoms with Crippen LogP contribution >= 0.6 is 0 Å². The van der Waals surface area contributed by atoms with Crippen molar-refractivity contribution in [1.82, 2.24) is 30.3 Å². The highest BCUT2D eigenvalue weighted by Gasteiger charge is 2.25. The van der Waals surface area contributed by atoms with Gasteiger partial charge in [0.15, 0.2) is 11.6 Å². The molecule has 4 N–H and O–H groups in total. The number of aromatic nitrogens is 5. The van der Waals surface area contributed by atoms with E-state index in [9.17, 15) is 9.59 Å². The molecule has 2 aliphatic carbocycles. The normalized spacial score (nSPS) is 15.8. The average molecular weight is 429 g/mol.